The van der Waals surface area contributed by atoms with Crippen molar-refractivity contribution in [2.24, 2.45) is 5.73 Å². The minimum atomic E-state index is -0.439. The van der Waals surface area contributed by atoms with E-state index in [9.17, 15) is 4.79 Å². The molecule has 0 heterocycles. The summed E-state index contributed by atoms with van der Waals surface area (Å²) in [5.41, 5.74) is 10.8. The molecule has 0 radical (unpaired) electrons. The Bertz CT molecular complexity index is 690. The van der Waals surface area contributed by atoms with Crippen molar-refractivity contribution in [1.29, 1.82) is 0 Å². The van der Waals surface area contributed by atoms with Crippen molar-refractivity contribution in [3.05, 3.63) is 59.7 Å². The first-order valence-electron chi connectivity index (χ1n) is 9.07. The van der Waals surface area contributed by atoms with Crippen molar-refractivity contribution < 1.29 is 9.53 Å². The molecule has 1 aliphatic carbocycles. The minimum absolute atomic E-state index is 0. The normalized spacial score (nSPS) is 13.3. The van der Waals surface area contributed by atoms with Crippen LogP contribution in [-0.2, 0) is 4.74 Å². The highest BCUT2D eigenvalue weighted by Crippen LogP contribution is 2.44. The van der Waals surface area contributed by atoms with Gasteiger partial charge in [-0.05, 0) is 28.7 Å². The highest BCUT2D eigenvalue weighted by atomic mass is 79.9. The standard InChI is InChI=1S/C21H26N2O2.BrH/c1-2-3-4-13-20(22)23-21(24)25-14-19-17-11-7-5-9-15(17)16-10-6-8-12-18(16)19;/h5-12,19-20H,2-4,13-14,22H2,1H3,(H,23,24);1H. The van der Waals surface area contributed by atoms with Gasteiger partial charge in [0.15, 0.2) is 0 Å². The summed E-state index contributed by atoms with van der Waals surface area (Å²) in [5.74, 6) is 0.0782. The van der Waals surface area contributed by atoms with Crippen LogP contribution in [0.1, 0.15) is 49.7 Å². The first-order valence-corrected chi connectivity index (χ1v) is 9.07. The summed E-state index contributed by atoms with van der Waals surface area (Å²) >= 11 is 0. The second-order valence-corrected chi connectivity index (χ2v) is 6.57. The summed E-state index contributed by atoms with van der Waals surface area (Å²) in [6, 6.07) is 16.6. The van der Waals surface area contributed by atoms with Gasteiger partial charge in [0.05, 0.1) is 6.17 Å². The van der Waals surface area contributed by atoms with Crippen LogP contribution in [0.4, 0.5) is 4.79 Å². The Morgan fingerprint density at radius 2 is 1.65 bits per heavy atom. The van der Waals surface area contributed by atoms with Gasteiger partial charge in [0.1, 0.15) is 6.61 Å². The van der Waals surface area contributed by atoms with Crippen LogP contribution in [0, 0.1) is 0 Å². The van der Waals surface area contributed by atoms with Crippen LogP contribution in [-0.4, -0.2) is 18.9 Å². The van der Waals surface area contributed by atoms with Gasteiger partial charge in [0, 0.05) is 5.92 Å². The van der Waals surface area contributed by atoms with Gasteiger partial charge in [0.25, 0.3) is 0 Å². The van der Waals surface area contributed by atoms with Gasteiger partial charge in [-0.2, -0.15) is 0 Å². The fourth-order valence-corrected chi connectivity index (χ4v) is 3.48. The number of ether oxygens (including phenoxy) is 1. The molecule has 0 spiro atoms. The quantitative estimate of drug-likeness (QED) is 0.492. The first-order chi connectivity index (χ1) is 12.2. The summed E-state index contributed by atoms with van der Waals surface area (Å²) in [7, 11) is 0. The van der Waals surface area contributed by atoms with Crippen LogP contribution in [0.25, 0.3) is 11.1 Å². The molecule has 1 amide bonds. The Hall–Kier alpha value is -1.85. The Morgan fingerprint density at radius 1 is 1.08 bits per heavy atom. The van der Waals surface area contributed by atoms with E-state index < -0.39 is 6.09 Å². The fourth-order valence-electron chi connectivity index (χ4n) is 3.48. The molecule has 1 atom stereocenters. The van der Waals surface area contributed by atoms with Gasteiger partial charge in [-0.25, -0.2) is 4.79 Å². The lowest BCUT2D eigenvalue weighted by molar-refractivity contribution is 0.138. The molecular weight excluding hydrogens is 392 g/mol. The van der Waals surface area contributed by atoms with Gasteiger partial charge in [-0.15, -0.1) is 17.0 Å². The molecule has 5 heteroatoms. The van der Waals surface area contributed by atoms with E-state index in [0.29, 0.717) is 6.61 Å². The number of halogens is 1. The van der Waals surface area contributed by atoms with E-state index in [1.54, 1.807) is 0 Å². The maximum atomic E-state index is 12.1. The zero-order valence-electron chi connectivity index (χ0n) is 15.1. The largest absolute Gasteiger partial charge is 0.449 e. The average Bonchev–Trinajstić information content (AvgIpc) is 2.94. The molecule has 1 unspecified atom stereocenters. The lowest BCUT2D eigenvalue weighted by Gasteiger charge is -2.17. The third-order valence-corrected chi connectivity index (χ3v) is 4.77. The van der Waals surface area contributed by atoms with Crippen molar-refractivity contribution in [2.45, 2.75) is 44.7 Å². The van der Waals surface area contributed by atoms with Crippen molar-refractivity contribution in [3.63, 3.8) is 0 Å². The minimum Gasteiger partial charge on any atom is -0.449 e. The predicted molar refractivity (Wildman–Crippen MR) is 111 cm³/mol. The molecule has 2 aromatic carbocycles. The molecule has 140 valence electrons. The highest BCUT2D eigenvalue weighted by molar-refractivity contribution is 8.93. The molecular formula is C21H27BrN2O2. The molecule has 0 bridgehead atoms. The summed E-state index contributed by atoms with van der Waals surface area (Å²) in [5, 5.41) is 2.73. The van der Waals surface area contributed by atoms with Gasteiger partial charge in [-0.3, -0.25) is 0 Å². The van der Waals surface area contributed by atoms with Crippen LogP contribution in [0.3, 0.4) is 0 Å². The SMILES string of the molecule is Br.CCCCCC(N)NC(=O)OCC1c2ccccc2-c2ccccc21. The highest BCUT2D eigenvalue weighted by Gasteiger charge is 2.29. The van der Waals surface area contributed by atoms with E-state index >= 15 is 0 Å². The monoisotopic (exact) mass is 418 g/mol. The molecule has 0 saturated heterocycles. The Morgan fingerprint density at radius 3 is 2.23 bits per heavy atom. The molecule has 0 aliphatic heterocycles. The van der Waals surface area contributed by atoms with Crippen LogP contribution >= 0.6 is 17.0 Å². The number of unbranched alkanes of at least 4 members (excludes halogenated alkanes) is 2. The molecule has 2 aromatic rings. The van der Waals surface area contributed by atoms with Gasteiger partial charge in [-0.1, -0.05) is 74.7 Å². The van der Waals surface area contributed by atoms with Crippen molar-refractivity contribution in [1.82, 2.24) is 5.32 Å². The lowest BCUT2D eigenvalue weighted by atomic mass is 9.98. The number of hydrogen-bond donors (Lipinski definition) is 2. The van der Waals surface area contributed by atoms with Gasteiger partial charge < -0.3 is 15.8 Å². The Kier molecular flexibility index (Phi) is 7.66. The molecule has 0 fully saturated rings. The lowest BCUT2D eigenvalue weighted by Crippen LogP contribution is -2.42. The first kappa shape index (κ1) is 20.5. The number of amides is 1. The summed E-state index contributed by atoms with van der Waals surface area (Å²) in [6.45, 7) is 2.46. The molecule has 4 nitrogen and oxygen atoms in total. The number of nitrogens with two attached hydrogens (primary N) is 1. The molecule has 3 rings (SSSR count). The maximum absolute atomic E-state index is 12.1. The number of carbonyl (C=O) groups excluding carboxylic acids is 1. The number of hydrogen-bond acceptors (Lipinski definition) is 3. The second kappa shape index (κ2) is 9.74. The van der Waals surface area contributed by atoms with Crippen LogP contribution in [0.5, 0.6) is 0 Å². The summed E-state index contributed by atoms with van der Waals surface area (Å²) < 4.78 is 5.49. The third kappa shape index (κ3) is 4.65. The van der Waals surface area contributed by atoms with Crippen molar-refractivity contribution >= 4 is 23.1 Å². The van der Waals surface area contributed by atoms with E-state index in [1.165, 1.54) is 22.3 Å². The number of nitrogens with one attached hydrogen (secondary N) is 1. The summed E-state index contributed by atoms with van der Waals surface area (Å²) in [4.78, 5) is 12.1. The number of alkyl carbamates (subject to hydrolysis) is 1. The van der Waals surface area contributed by atoms with Crippen LogP contribution in [0.2, 0.25) is 0 Å². The Labute approximate surface area is 165 Å². The number of fused-ring (bicyclic) bond motifs is 3. The van der Waals surface area contributed by atoms with Crippen molar-refractivity contribution in [2.75, 3.05) is 6.61 Å². The molecule has 0 saturated carbocycles. The topological polar surface area (TPSA) is 64.3 Å². The number of carbonyl (C=O) groups is 1. The molecule has 26 heavy (non-hydrogen) atoms. The van der Waals surface area contributed by atoms with Crippen LogP contribution < -0.4 is 11.1 Å². The van der Waals surface area contributed by atoms with Crippen molar-refractivity contribution in [3.8, 4) is 11.1 Å². The zero-order valence-corrected chi connectivity index (χ0v) is 16.8. The zero-order chi connectivity index (χ0) is 17.6. The van der Waals surface area contributed by atoms with Gasteiger partial charge >= 0.3 is 6.09 Å². The average molecular weight is 419 g/mol. The predicted octanol–water partition coefficient (Wildman–Crippen LogP) is 4.97. The molecule has 0 aromatic heterocycles. The van der Waals surface area contributed by atoms with E-state index in [-0.39, 0.29) is 29.1 Å². The van der Waals surface area contributed by atoms with E-state index in [0.717, 1.165) is 25.7 Å². The maximum Gasteiger partial charge on any atom is 0.408 e. The van der Waals surface area contributed by atoms with E-state index in [1.807, 2.05) is 24.3 Å². The molecule has 1 aliphatic rings. The molecule has 3 N–H and O–H groups in total. The van der Waals surface area contributed by atoms with E-state index in [4.69, 9.17) is 10.5 Å². The summed E-state index contributed by atoms with van der Waals surface area (Å²) in [6.07, 6.45) is 3.27. The smallest absolute Gasteiger partial charge is 0.408 e. The Balaban J connectivity index is 0.00000243. The fraction of sp³-hybridized carbons (Fsp3) is 0.381. The van der Waals surface area contributed by atoms with Gasteiger partial charge in [0.2, 0.25) is 0 Å². The third-order valence-electron chi connectivity index (χ3n) is 4.77. The van der Waals surface area contributed by atoms with E-state index in [2.05, 4.69) is 36.5 Å². The number of benzene rings is 2. The van der Waals surface area contributed by atoms with Crippen LogP contribution in [0.15, 0.2) is 48.5 Å². The second-order valence-electron chi connectivity index (χ2n) is 6.57. The number of rotatable bonds is 7.